The minimum Gasteiger partial charge on any atom is -0.474 e. The third-order valence-corrected chi connectivity index (χ3v) is 2.11. The maximum absolute atomic E-state index is 10.3. The summed E-state index contributed by atoms with van der Waals surface area (Å²) in [6.07, 6.45) is -0.348. The highest BCUT2D eigenvalue weighted by atomic mass is 31.1. The average Bonchev–Trinajstić information content (AvgIpc) is 1.80. The van der Waals surface area contributed by atoms with Crippen LogP contribution >= 0.6 is 16.1 Å². The van der Waals surface area contributed by atoms with E-state index in [0.29, 0.717) is 6.21 Å². The molecule has 2 unspecified atom stereocenters. The van der Waals surface area contributed by atoms with E-state index >= 15 is 0 Å². The maximum atomic E-state index is 10.3. The zero-order valence-corrected chi connectivity index (χ0v) is 8.19. The Morgan fingerprint density at radius 1 is 1.23 bits per heavy atom. The highest BCUT2D eigenvalue weighted by molar-refractivity contribution is 7.38. The van der Waals surface area contributed by atoms with Crippen LogP contribution in [-0.4, -0.2) is 44.2 Å². The van der Waals surface area contributed by atoms with E-state index in [4.69, 9.17) is 14.9 Å². The highest BCUT2D eigenvalue weighted by Crippen LogP contribution is 2.17. The van der Waals surface area contributed by atoms with E-state index in [2.05, 4.69) is 0 Å². The molecule has 13 heavy (non-hydrogen) atoms. The number of hydrogen-bond acceptors (Lipinski definition) is 3. The number of hydrogen-bond donors (Lipinski definition) is 3. The van der Waals surface area contributed by atoms with E-state index in [1.165, 1.54) is 0 Å². The lowest BCUT2D eigenvalue weighted by Crippen LogP contribution is -2.16. The molecule has 0 fully saturated rings. The minimum atomic E-state index is -2.56. The molecule has 0 saturated heterocycles. The van der Waals surface area contributed by atoms with Crippen molar-refractivity contribution in [2.45, 2.75) is 0 Å². The van der Waals surface area contributed by atoms with Crippen molar-refractivity contribution in [3.05, 3.63) is 0 Å². The molecular formula is C4H8NO6P2+3. The Bertz CT molecular complexity index is 256. The lowest BCUT2D eigenvalue weighted by molar-refractivity contribution is -0.485. The van der Waals surface area contributed by atoms with Crippen LogP contribution in [0.5, 0.6) is 0 Å². The Hall–Kier alpha value is -0.740. The van der Waals surface area contributed by atoms with Gasteiger partial charge in [-0.15, -0.1) is 4.58 Å². The lowest BCUT2D eigenvalue weighted by atomic mass is 10.7. The van der Waals surface area contributed by atoms with Crippen molar-refractivity contribution in [1.29, 1.82) is 0 Å². The smallest absolute Gasteiger partial charge is 0.474 e. The average molecular weight is 228 g/mol. The quantitative estimate of drug-likeness (QED) is 0.333. The molecule has 0 aliphatic carbocycles. The maximum Gasteiger partial charge on any atom is 0.577 e. The molecule has 0 rings (SSSR count). The first-order valence-electron chi connectivity index (χ1n) is 3.00. The number of nitrogens with zero attached hydrogens (tertiary/aromatic N) is 1. The predicted octanol–water partition coefficient (Wildman–Crippen LogP) is -0.461. The molecule has 3 N–H and O–H groups in total. The van der Waals surface area contributed by atoms with Crippen LogP contribution in [0, 0.1) is 0 Å². The van der Waals surface area contributed by atoms with Gasteiger partial charge in [-0.1, -0.05) is 0 Å². The van der Waals surface area contributed by atoms with Crippen molar-refractivity contribution in [3.8, 4) is 0 Å². The summed E-state index contributed by atoms with van der Waals surface area (Å²) in [5.41, 5.74) is 0. The number of aliphatic carboxylic acids is 1. The second kappa shape index (κ2) is 5.83. The largest absolute Gasteiger partial charge is 0.577 e. The summed E-state index contributed by atoms with van der Waals surface area (Å²) in [7, 11) is -5.12. The van der Waals surface area contributed by atoms with E-state index in [0.717, 1.165) is 4.58 Å². The molecule has 9 heteroatoms. The zero-order chi connectivity index (χ0) is 10.4. The second-order valence-electron chi connectivity index (χ2n) is 2.04. The van der Waals surface area contributed by atoms with Crippen molar-refractivity contribution in [1.82, 2.24) is 0 Å². The van der Waals surface area contributed by atoms with Crippen LogP contribution in [0.4, 0.5) is 0 Å². The van der Waals surface area contributed by atoms with Gasteiger partial charge in [0.1, 0.15) is 0 Å². The Labute approximate surface area is 75.1 Å². The van der Waals surface area contributed by atoms with Gasteiger partial charge in [-0.25, -0.2) is 4.79 Å². The third kappa shape index (κ3) is 7.62. The van der Waals surface area contributed by atoms with Crippen LogP contribution in [0.2, 0.25) is 0 Å². The van der Waals surface area contributed by atoms with Gasteiger partial charge < -0.3 is 5.11 Å². The summed E-state index contributed by atoms with van der Waals surface area (Å²) in [6, 6.07) is 0. The van der Waals surface area contributed by atoms with Crippen molar-refractivity contribution >= 4 is 28.2 Å². The lowest BCUT2D eigenvalue weighted by Gasteiger charge is -1.83. The number of rotatable bonds is 5. The zero-order valence-electron chi connectivity index (χ0n) is 6.40. The van der Waals surface area contributed by atoms with E-state index in [1.807, 2.05) is 0 Å². The summed E-state index contributed by atoms with van der Waals surface area (Å²) in [4.78, 5) is 27.0. The standard InChI is InChI=1S/C4H5NO6P2/c6-4(7)1-5(2-12(8)9)3-13(10)11/h1H,2-3H2/p+3. The van der Waals surface area contributed by atoms with Gasteiger partial charge in [0.15, 0.2) is 0 Å². The van der Waals surface area contributed by atoms with Gasteiger partial charge in [-0.2, -0.15) is 9.79 Å². The molecule has 0 amide bonds. The van der Waals surface area contributed by atoms with Gasteiger partial charge in [0, 0.05) is 0 Å². The summed E-state index contributed by atoms with van der Waals surface area (Å²) >= 11 is 0. The topological polar surface area (TPSA) is 115 Å². The fourth-order valence-electron chi connectivity index (χ4n) is 0.593. The van der Waals surface area contributed by atoms with Gasteiger partial charge in [-0.05, 0) is 9.13 Å². The molecule has 0 heterocycles. The molecule has 0 radical (unpaired) electrons. The Kier molecular flexibility index (Phi) is 5.50. The van der Waals surface area contributed by atoms with Crippen molar-refractivity contribution < 1.29 is 33.4 Å². The predicted molar refractivity (Wildman–Crippen MR) is 43.3 cm³/mol. The molecule has 0 saturated carbocycles. The molecule has 0 aromatic carbocycles. The van der Waals surface area contributed by atoms with Crippen LogP contribution in [0.3, 0.4) is 0 Å². The molecule has 0 aromatic rings. The normalized spacial score (nSPS) is 11.8. The SMILES string of the molecule is O=C(O)C=[N+](C[P+](=O)O)C[P+](=O)O. The van der Waals surface area contributed by atoms with Crippen LogP contribution in [-0.2, 0) is 13.9 Å². The summed E-state index contributed by atoms with van der Waals surface area (Å²) in [6.45, 7) is 0. The number of carbonyl (C=O) groups is 1. The van der Waals surface area contributed by atoms with E-state index < -0.39 is 34.6 Å². The molecule has 0 bridgehead atoms. The van der Waals surface area contributed by atoms with Gasteiger partial charge in [0.25, 0.3) is 6.21 Å². The molecule has 2 atom stereocenters. The first-order chi connectivity index (χ1) is 5.91. The number of carboxylic acids is 1. The molecule has 0 aliphatic rings. The molecule has 72 valence electrons. The Morgan fingerprint density at radius 2 is 1.62 bits per heavy atom. The van der Waals surface area contributed by atoms with Crippen LogP contribution in [0.25, 0.3) is 0 Å². The van der Waals surface area contributed by atoms with Gasteiger partial charge in [0.05, 0.1) is 0 Å². The van der Waals surface area contributed by atoms with Crippen molar-refractivity contribution in [2.24, 2.45) is 0 Å². The molecule has 0 aromatic heterocycles. The summed E-state index contributed by atoms with van der Waals surface area (Å²) in [5.74, 6) is -1.34. The second-order valence-corrected chi connectivity index (χ2v) is 4.02. The highest BCUT2D eigenvalue weighted by Gasteiger charge is 2.29. The van der Waals surface area contributed by atoms with E-state index in [1.54, 1.807) is 0 Å². The molecular weight excluding hydrogens is 220 g/mol. The fraction of sp³-hybridized carbons (Fsp3) is 0.500. The van der Waals surface area contributed by atoms with Crippen molar-refractivity contribution in [2.75, 3.05) is 12.6 Å². The number of carboxylic acid groups (broad SMARTS) is 1. The van der Waals surface area contributed by atoms with Crippen LogP contribution < -0.4 is 0 Å². The monoisotopic (exact) mass is 228 g/mol. The molecule has 7 nitrogen and oxygen atoms in total. The third-order valence-electron chi connectivity index (χ3n) is 0.898. The summed E-state index contributed by atoms with van der Waals surface area (Å²) < 4.78 is 21.4. The Balaban J connectivity index is 4.45. The minimum absolute atomic E-state index is 0.469. The first kappa shape index (κ1) is 12.3. The molecule has 0 spiro atoms. The molecule has 0 aliphatic heterocycles. The van der Waals surface area contributed by atoms with E-state index in [9.17, 15) is 13.9 Å². The van der Waals surface area contributed by atoms with Crippen LogP contribution in [0.15, 0.2) is 0 Å². The van der Waals surface area contributed by atoms with Gasteiger partial charge >= 0.3 is 34.6 Å². The fourth-order valence-corrected chi connectivity index (χ4v) is 1.74. The van der Waals surface area contributed by atoms with Gasteiger partial charge in [-0.3, -0.25) is 0 Å². The summed E-state index contributed by atoms with van der Waals surface area (Å²) in [5, 5.41) is 8.26. The Morgan fingerprint density at radius 3 is 1.85 bits per heavy atom. The van der Waals surface area contributed by atoms with Gasteiger partial charge in [0.2, 0.25) is 0 Å². The van der Waals surface area contributed by atoms with Crippen molar-refractivity contribution in [3.63, 3.8) is 0 Å². The van der Waals surface area contributed by atoms with E-state index in [-0.39, 0.29) is 0 Å². The van der Waals surface area contributed by atoms with Crippen LogP contribution in [0.1, 0.15) is 0 Å². The first-order valence-corrected chi connectivity index (χ1v) is 5.80.